The summed E-state index contributed by atoms with van der Waals surface area (Å²) in [6.45, 7) is 2.04. The standard InChI is InChI=1S/C27H24O3/c1-18(20-10-6-3-7-11-20)14-25(28)21-12-13-22-23(16-21)24(27(30)17-26(22)29)15-19-8-4-2-5-9-19/h2-13,16,18,24H,14-15,17H2,1H3. The monoisotopic (exact) mass is 396 g/mol. The minimum atomic E-state index is -0.389. The van der Waals surface area contributed by atoms with Gasteiger partial charge in [0.15, 0.2) is 11.6 Å². The van der Waals surface area contributed by atoms with E-state index in [-0.39, 0.29) is 35.6 Å². The van der Waals surface area contributed by atoms with Crippen LogP contribution in [0, 0.1) is 0 Å². The molecule has 3 aromatic rings. The van der Waals surface area contributed by atoms with E-state index in [9.17, 15) is 14.4 Å². The number of ketones is 3. The Kier molecular flexibility index (Phi) is 5.71. The van der Waals surface area contributed by atoms with Crippen molar-refractivity contribution in [3.63, 3.8) is 0 Å². The second-order valence-corrected chi connectivity index (χ2v) is 8.05. The molecular weight excluding hydrogens is 372 g/mol. The Morgan fingerprint density at radius 2 is 1.60 bits per heavy atom. The fourth-order valence-corrected chi connectivity index (χ4v) is 4.20. The SMILES string of the molecule is CC(CC(=O)c1ccc2c(c1)C(Cc1ccccc1)C(=O)CC2=O)c1ccccc1. The molecular formula is C27H24O3. The smallest absolute Gasteiger partial charge is 0.170 e. The molecule has 3 aromatic carbocycles. The van der Waals surface area contributed by atoms with E-state index in [4.69, 9.17) is 0 Å². The molecule has 0 heterocycles. The second-order valence-electron chi connectivity index (χ2n) is 8.05. The van der Waals surface area contributed by atoms with E-state index in [0.717, 1.165) is 11.1 Å². The number of hydrogen-bond donors (Lipinski definition) is 0. The minimum Gasteiger partial charge on any atom is -0.299 e. The van der Waals surface area contributed by atoms with Crippen molar-refractivity contribution in [2.24, 2.45) is 0 Å². The maximum absolute atomic E-state index is 13.0. The number of fused-ring (bicyclic) bond motifs is 1. The van der Waals surface area contributed by atoms with E-state index in [2.05, 4.69) is 0 Å². The second kappa shape index (κ2) is 8.58. The zero-order valence-corrected chi connectivity index (χ0v) is 17.0. The van der Waals surface area contributed by atoms with Crippen LogP contribution in [0.4, 0.5) is 0 Å². The quantitative estimate of drug-likeness (QED) is 0.406. The van der Waals surface area contributed by atoms with E-state index in [0.29, 0.717) is 29.5 Å². The van der Waals surface area contributed by atoms with Gasteiger partial charge in [0, 0.05) is 23.5 Å². The van der Waals surface area contributed by atoms with Crippen LogP contribution in [0.15, 0.2) is 78.9 Å². The van der Waals surface area contributed by atoms with Gasteiger partial charge in [-0.25, -0.2) is 0 Å². The Bertz CT molecular complexity index is 1080. The first-order valence-electron chi connectivity index (χ1n) is 10.3. The van der Waals surface area contributed by atoms with Crippen molar-refractivity contribution < 1.29 is 14.4 Å². The highest BCUT2D eigenvalue weighted by atomic mass is 16.2. The van der Waals surface area contributed by atoms with E-state index >= 15 is 0 Å². The lowest BCUT2D eigenvalue weighted by Gasteiger charge is -2.24. The van der Waals surface area contributed by atoms with Gasteiger partial charge in [-0.3, -0.25) is 14.4 Å². The molecule has 3 heteroatoms. The first-order valence-corrected chi connectivity index (χ1v) is 10.3. The van der Waals surface area contributed by atoms with Gasteiger partial charge < -0.3 is 0 Å². The van der Waals surface area contributed by atoms with E-state index in [1.807, 2.05) is 67.6 Å². The van der Waals surface area contributed by atoms with Crippen LogP contribution in [0.5, 0.6) is 0 Å². The molecule has 2 atom stereocenters. The lowest BCUT2D eigenvalue weighted by Crippen LogP contribution is -2.27. The number of carbonyl (C=O) groups excluding carboxylic acids is 3. The summed E-state index contributed by atoms with van der Waals surface area (Å²) >= 11 is 0. The first-order chi connectivity index (χ1) is 14.5. The van der Waals surface area contributed by atoms with Gasteiger partial charge in [-0.15, -0.1) is 0 Å². The summed E-state index contributed by atoms with van der Waals surface area (Å²) in [5, 5.41) is 0. The van der Waals surface area contributed by atoms with Crippen molar-refractivity contribution in [1.82, 2.24) is 0 Å². The summed E-state index contributed by atoms with van der Waals surface area (Å²) in [4.78, 5) is 38.1. The van der Waals surface area contributed by atoms with Crippen molar-refractivity contribution in [3.8, 4) is 0 Å². The maximum Gasteiger partial charge on any atom is 0.170 e. The molecule has 0 saturated heterocycles. The summed E-state index contributed by atoms with van der Waals surface area (Å²) in [7, 11) is 0. The molecule has 30 heavy (non-hydrogen) atoms. The van der Waals surface area contributed by atoms with Crippen molar-refractivity contribution >= 4 is 17.3 Å². The molecule has 0 aliphatic heterocycles. The van der Waals surface area contributed by atoms with E-state index in [1.165, 1.54) is 0 Å². The lowest BCUT2D eigenvalue weighted by molar-refractivity contribution is -0.119. The predicted octanol–water partition coefficient (Wildman–Crippen LogP) is 5.54. The van der Waals surface area contributed by atoms with Crippen LogP contribution in [0.25, 0.3) is 0 Å². The molecule has 1 aliphatic rings. The molecule has 2 unspecified atom stereocenters. The largest absolute Gasteiger partial charge is 0.299 e. The highest BCUT2D eigenvalue weighted by Crippen LogP contribution is 2.33. The van der Waals surface area contributed by atoms with Crippen LogP contribution in [-0.4, -0.2) is 17.3 Å². The Morgan fingerprint density at radius 1 is 0.933 bits per heavy atom. The number of Topliss-reactive ketones (excluding diaryl/α,β-unsaturated/α-hetero) is 3. The van der Waals surface area contributed by atoms with Gasteiger partial charge in [0.2, 0.25) is 0 Å². The van der Waals surface area contributed by atoms with Crippen LogP contribution in [0.3, 0.4) is 0 Å². The Hall–Kier alpha value is -3.33. The molecule has 4 rings (SSSR count). The Morgan fingerprint density at radius 3 is 2.30 bits per heavy atom. The molecule has 0 saturated carbocycles. The highest BCUT2D eigenvalue weighted by molar-refractivity contribution is 6.15. The van der Waals surface area contributed by atoms with E-state index in [1.54, 1.807) is 18.2 Å². The summed E-state index contributed by atoms with van der Waals surface area (Å²) in [6.07, 6.45) is 0.856. The minimum absolute atomic E-state index is 0.0260. The summed E-state index contributed by atoms with van der Waals surface area (Å²) in [5.74, 6) is -0.495. The fourth-order valence-electron chi connectivity index (χ4n) is 4.20. The summed E-state index contributed by atoms with van der Waals surface area (Å²) in [6, 6.07) is 25.0. The van der Waals surface area contributed by atoms with Gasteiger partial charge in [-0.1, -0.05) is 79.7 Å². The molecule has 0 bridgehead atoms. The third-order valence-electron chi connectivity index (χ3n) is 5.92. The highest BCUT2D eigenvalue weighted by Gasteiger charge is 2.33. The number of carbonyl (C=O) groups is 3. The molecule has 0 amide bonds. The summed E-state index contributed by atoms with van der Waals surface area (Å²) < 4.78 is 0. The molecule has 3 nitrogen and oxygen atoms in total. The van der Waals surface area contributed by atoms with Gasteiger partial charge in [0.1, 0.15) is 5.78 Å². The van der Waals surface area contributed by atoms with E-state index < -0.39 is 0 Å². The molecule has 0 fully saturated rings. The average molecular weight is 396 g/mol. The summed E-state index contributed by atoms with van der Waals surface area (Å²) in [5.41, 5.74) is 4.00. The van der Waals surface area contributed by atoms with Crippen LogP contribution in [0.1, 0.15) is 69.0 Å². The number of hydrogen-bond acceptors (Lipinski definition) is 3. The topological polar surface area (TPSA) is 51.2 Å². The van der Waals surface area contributed by atoms with Gasteiger partial charge in [0.25, 0.3) is 0 Å². The van der Waals surface area contributed by atoms with Gasteiger partial charge >= 0.3 is 0 Å². The lowest BCUT2D eigenvalue weighted by atomic mass is 9.77. The Balaban J connectivity index is 1.62. The first kappa shape index (κ1) is 20.0. The van der Waals surface area contributed by atoms with Gasteiger partial charge in [0.05, 0.1) is 6.42 Å². The van der Waals surface area contributed by atoms with Crippen LogP contribution in [0.2, 0.25) is 0 Å². The van der Waals surface area contributed by atoms with Crippen LogP contribution >= 0.6 is 0 Å². The van der Waals surface area contributed by atoms with Gasteiger partial charge in [-0.2, -0.15) is 0 Å². The van der Waals surface area contributed by atoms with Crippen molar-refractivity contribution in [2.45, 2.75) is 38.0 Å². The molecule has 1 aliphatic carbocycles. The van der Waals surface area contributed by atoms with Crippen molar-refractivity contribution in [1.29, 1.82) is 0 Å². The van der Waals surface area contributed by atoms with Crippen molar-refractivity contribution in [2.75, 3.05) is 0 Å². The zero-order chi connectivity index (χ0) is 21.1. The molecule has 0 N–H and O–H groups in total. The number of benzene rings is 3. The third-order valence-corrected chi connectivity index (χ3v) is 5.92. The molecule has 0 aromatic heterocycles. The molecule has 0 radical (unpaired) electrons. The van der Waals surface area contributed by atoms with Crippen molar-refractivity contribution in [3.05, 3.63) is 107 Å². The average Bonchev–Trinajstić information content (AvgIpc) is 2.77. The normalized spacial score (nSPS) is 16.8. The van der Waals surface area contributed by atoms with Gasteiger partial charge in [-0.05, 0) is 35.1 Å². The Labute approximate surface area is 176 Å². The third kappa shape index (κ3) is 4.16. The zero-order valence-electron chi connectivity index (χ0n) is 17.0. The predicted molar refractivity (Wildman–Crippen MR) is 117 cm³/mol. The maximum atomic E-state index is 13.0. The van der Waals surface area contributed by atoms with Crippen LogP contribution in [-0.2, 0) is 11.2 Å². The molecule has 150 valence electrons. The van der Waals surface area contributed by atoms with Crippen LogP contribution < -0.4 is 0 Å². The fraction of sp³-hybridized carbons (Fsp3) is 0.222. The molecule has 0 spiro atoms. The number of rotatable bonds is 6.